The van der Waals surface area contributed by atoms with Crippen LogP contribution >= 0.6 is 0 Å². The first-order chi connectivity index (χ1) is 18.4. The van der Waals surface area contributed by atoms with E-state index < -0.39 is 11.7 Å². The molecule has 1 N–H and O–H groups in total. The van der Waals surface area contributed by atoms with Crippen LogP contribution in [0.1, 0.15) is 64.2 Å². The minimum atomic E-state index is -4.57. The Kier molecular flexibility index (Phi) is 10.1. The van der Waals surface area contributed by atoms with Gasteiger partial charge in [-0.15, -0.1) is 0 Å². The highest BCUT2D eigenvalue weighted by Gasteiger charge is 2.34. The molecule has 4 rings (SSSR count). The average Bonchev–Trinajstić information content (AvgIpc) is 2.91. The lowest BCUT2D eigenvalue weighted by Gasteiger charge is -2.36. The molecule has 0 radical (unpaired) electrons. The van der Waals surface area contributed by atoms with Crippen molar-refractivity contribution >= 4 is 17.3 Å². The third-order valence-electron chi connectivity index (χ3n) is 7.78. The Bertz CT molecular complexity index is 1170. The smallest absolute Gasteiger partial charge is 0.371 e. The molecule has 2 heterocycles. The summed E-state index contributed by atoms with van der Waals surface area (Å²) in [6, 6.07) is 14.3. The number of carbonyl (C=O) groups excluding carboxylic acids is 1. The van der Waals surface area contributed by atoms with Crippen LogP contribution in [0.4, 0.5) is 24.5 Å². The molecule has 0 unspecified atom stereocenters. The Hall–Kier alpha value is -3.25. The van der Waals surface area contributed by atoms with E-state index in [9.17, 15) is 18.0 Å². The standard InChI is InChI=1S/C30H38F3N5O.CH4/c1-29(2,3)23-5-8-25(9-6-23)38-18-16-36(17-19-38)13-12-28(39)35-24-10-14-37(15-11-24)26-7-4-22(21-34)27(20-26)30(31,32)33;/h4-9,20,24H,10-19H2,1-3H3,(H,35,39);1H4. The van der Waals surface area contributed by atoms with Gasteiger partial charge in [-0.05, 0) is 54.2 Å². The molecule has 2 saturated heterocycles. The highest BCUT2D eigenvalue weighted by molar-refractivity contribution is 5.76. The van der Waals surface area contributed by atoms with Crippen LogP contribution in [-0.4, -0.2) is 62.7 Å². The third-order valence-corrected chi connectivity index (χ3v) is 7.78. The van der Waals surface area contributed by atoms with Crippen molar-refractivity contribution in [1.29, 1.82) is 5.26 Å². The quantitative estimate of drug-likeness (QED) is 0.486. The minimum absolute atomic E-state index is 0. The molecule has 9 heteroatoms. The second-order valence-electron chi connectivity index (χ2n) is 11.5. The number of rotatable bonds is 6. The van der Waals surface area contributed by atoms with Crippen molar-refractivity contribution in [3.05, 3.63) is 59.2 Å². The minimum Gasteiger partial charge on any atom is -0.371 e. The molecule has 0 aliphatic carbocycles. The van der Waals surface area contributed by atoms with E-state index in [0.717, 1.165) is 32.2 Å². The number of amides is 1. The lowest BCUT2D eigenvalue weighted by Crippen LogP contribution is -2.48. The van der Waals surface area contributed by atoms with Crippen molar-refractivity contribution in [1.82, 2.24) is 10.2 Å². The van der Waals surface area contributed by atoms with Crippen LogP contribution < -0.4 is 15.1 Å². The molecule has 6 nitrogen and oxygen atoms in total. The number of piperazine rings is 1. The van der Waals surface area contributed by atoms with Gasteiger partial charge in [0.15, 0.2) is 0 Å². The predicted molar refractivity (Wildman–Crippen MR) is 155 cm³/mol. The fourth-order valence-corrected chi connectivity index (χ4v) is 5.30. The normalized spacial score (nSPS) is 17.2. The lowest BCUT2D eigenvalue weighted by atomic mass is 9.87. The van der Waals surface area contributed by atoms with Crippen molar-refractivity contribution in [3.8, 4) is 6.07 Å². The van der Waals surface area contributed by atoms with E-state index in [-0.39, 0.29) is 30.4 Å². The van der Waals surface area contributed by atoms with E-state index in [1.807, 2.05) is 4.90 Å². The van der Waals surface area contributed by atoms with Gasteiger partial charge in [0.1, 0.15) is 0 Å². The number of anilines is 2. The second-order valence-corrected chi connectivity index (χ2v) is 11.5. The molecule has 0 aromatic heterocycles. The van der Waals surface area contributed by atoms with Crippen LogP contribution in [0, 0.1) is 11.3 Å². The van der Waals surface area contributed by atoms with Crippen LogP contribution in [-0.2, 0) is 16.4 Å². The molecule has 40 heavy (non-hydrogen) atoms. The number of hydrogen-bond acceptors (Lipinski definition) is 5. The van der Waals surface area contributed by atoms with Crippen LogP contribution in [0.2, 0.25) is 0 Å². The molecule has 2 fully saturated rings. The number of carbonyl (C=O) groups is 1. The van der Waals surface area contributed by atoms with Crippen LogP contribution in [0.25, 0.3) is 0 Å². The summed E-state index contributed by atoms with van der Waals surface area (Å²) in [5.41, 5.74) is 1.88. The SMILES string of the molecule is C.CC(C)(C)c1ccc(N2CCN(CCC(=O)NC3CCN(c4ccc(C#N)c(C(F)(F)F)c4)CC3)CC2)cc1. The molecule has 0 bridgehead atoms. The molecule has 2 aromatic carbocycles. The van der Waals surface area contributed by atoms with Gasteiger partial charge in [-0.25, -0.2) is 0 Å². The summed E-state index contributed by atoms with van der Waals surface area (Å²) in [5.74, 6) is 0.0198. The maximum absolute atomic E-state index is 13.3. The zero-order chi connectivity index (χ0) is 28.2. The number of halogens is 3. The summed E-state index contributed by atoms with van der Waals surface area (Å²) in [6.45, 7) is 12.1. The van der Waals surface area contributed by atoms with Crippen molar-refractivity contribution in [2.45, 2.75) is 65.1 Å². The van der Waals surface area contributed by atoms with E-state index in [2.05, 4.69) is 60.2 Å². The van der Waals surface area contributed by atoms with E-state index in [0.29, 0.717) is 44.6 Å². The third kappa shape index (κ3) is 7.91. The Morgan fingerprint density at radius 2 is 1.50 bits per heavy atom. The van der Waals surface area contributed by atoms with Crippen molar-refractivity contribution in [2.24, 2.45) is 0 Å². The number of nitriles is 1. The first-order valence-corrected chi connectivity index (χ1v) is 13.7. The van der Waals surface area contributed by atoms with Crippen molar-refractivity contribution < 1.29 is 18.0 Å². The number of hydrogen-bond donors (Lipinski definition) is 1. The van der Waals surface area contributed by atoms with Crippen LogP contribution in [0.5, 0.6) is 0 Å². The van der Waals surface area contributed by atoms with Crippen LogP contribution in [0.3, 0.4) is 0 Å². The number of piperidine rings is 1. The molecule has 218 valence electrons. The summed E-state index contributed by atoms with van der Waals surface area (Å²) >= 11 is 0. The van der Waals surface area contributed by atoms with E-state index in [4.69, 9.17) is 5.26 Å². The highest BCUT2D eigenvalue weighted by Crippen LogP contribution is 2.35. The van der Waals surface area contributed by atoms with Gasteiger partial charge >= 0.3 is 6.18 Å². The van der Waals surface area contributed by atoms with Crippen molar-refractivity contribution in [3.63, 3.8) is 0 Å². The Balaban J connectivity index is 0.00000441. The van der Waals surface area contributed by atoms with E-state index in [1.165, 1.54) is 17.3 Å². The number of nitrogens with zero attached hydrogens (tertiary/aromatic N) is 4. The van der Waals surface area contributed by atoms with Gasteiger partial charge in [-0.3, -0.25) is 9.69 Å². The number of nitrogens with one attached hydrogen (secondary N) is 1. The second kappa shape index (κ2) is 12.9. The molecule has 0 atom stereocenters. The lowest BCUT2D eigenvalue weighted by molar-refractivity contribution is -0.137. The summed E-state index contributed by atoms with van der Waals surface area (Å²) < 4.78 is 40.0. The maximum atomic E-state index is 13.3. The maximum Gasteiger partial charge on any atom is 0.417 e. The zero-order valence-corrected chi connectivity index (χ0v) is 23.0. The Labute approximate surface area is 236 Å². The predicted octanol–water partition coefficient (Wildman–Crippen LogP) is 5.81. The largest absolute Gasteiger partial charge is 0.417 e. The first-order valence-electron chi connectivity index (χ1n) is 13.7. The highest BCUT2D eigenvalue weighted by atomic mass is 19.4. The summed E-state index contributed by atoms with van der Waals surface area (Å²) in [6.07, 6.45) is -2.80. The average molecular weight is 558 g/mol. The summed E-state index contributed by atoms with van der Waals surface area (Å²) in [7, 11) is 0. The Morgan fingerprint density at radius 3 is 2.05 bits per heavy atom. The summed E-state index contributed by atoms with van der Waals surface area (Å²) in [5, 5.41) is 12.1. The molecular weight excluding hydrogens is 515 g/mol. The van der Waals surface area contributed by atoms with E-state index in [1.54, 1.807) is 12.1 Å². The zero-order valence-electron chi connectivity index (χ0n) is 23.0. The molecule has 1 amide bonds. The van der Waals surface area contributed by atoms with Gasteiger partial charge in [-0.2, -0.15) is 18.4 Å². The monoisotopic (exact) mass is 557 g/mol. The Morgan fingerprint density at radius 1 is 0.925 bits per heavy atom. The van der Waals surface area contributed by atoms with E-state index >= 15 is 0 Å². The summed E-state index contributed by atoms with van der Waals surface area (Å²) in [4.78, 5) is 19.2. The topological polar surface area (TPSA) is 62.6 Å². The number of alkyl halides is 3. The van der Waals surface area contributed by atoms with Crippen LogP contribution in [0.15, 0.2) is 42.5 Å². The molecule has 0 saturated carbocycles. The van der Waals surface area contributed by atoms with Gasteiger partial charge in [0.05, 0.1) is 17.2 Å². The number of benzene rings is 2. The molecule has 0 spiro atoms. The van der Waals surface area contributed by atoms with Gasteiger partial charge in [0, 0.05) is 69.7 Å². The van der Waals surface area contributed by atoms with Crippen molar-refractivity contribution in [2.75, 3.05) is 55.6 Å². The molecular formula is C31H42F3N5O. The van der Waals surface area contributed by atoms with Gasteiger partial charge in [0.25, 0.3) is 0 Å². The molecule has 2 aromatic rings. The fraction of sp³-hybridized carbons (Fsp3) is 0.548. The van der Waals surface area contributed by atoms with Gasteiger partial charge < -0.3 is 15.1 Å². The fourth-order valence-electron chi connectivity index (χ4n) is 5.30. The van der Waals surface area contributed by atoms with Gasteiger partial charge in [-0.1, -0.05) is 40.3 Å². The molecule has 2 aliphatic rings. The molecule has 2 aliphatic heterocycles. The first kappa shape index (κ1) is 31.3. The van der Waals surface area contributed by atoms with Gasteiger partial charge in [0.2, 0.25) is 5.91 Å².